The fourth-order valence-electron chi connectivity index (χ4n) is 3.15. The number of carbonyl (C=O) groups is 1. The molecular weight excluding hydrogens is 374 g/mol. The lowest BCUT2D eigenvalue weighted by molar-refractivity contribution is -0.137. The number of rotatable bonds is 5. The predicted octanol–water partition coefficient (Wildman–Crippen LogP) is 3.40. The van der Waals surface area contributed by atoms with Crippen molar-refractivity contribution in [2.75, 3.05) is 44.2 Å². The molecule has 3 rings (SSSR count). The zero-order valence-corrected chi connectivity index (χ0v) is 15.2. The third-order valence-electron chi connectivity index (χ3n) is 4.73. The van der Waals surface area contributed by atoms with Gasteiger partial charge in [0.2, 0.25) is 0 Å². The zero-order valence-electron chi connectivity index (χ0n) is 15.2. The highest BCUT2D eigenvalue weighted by molar-refractivity contribution is 5.94. The first-order chi connectivity index (χ1) is 13.3. The topological polar surface area (TPSA) is 35.6 Å². The Bertz CT molecular complexity index is 800. The van der Waals surface area contributed by atoms with E-state index < -0.39 is 17.6 Å². The molecule has 1 amide bonds. The van der Waals surface area contributed by atoms with Gasteiger partial charge >= 0.3 is 6.18 Å². The molecular formula is C20H21F4N3O. The van der Waals surface area contributed by atoms with E-state index in [0.717, 1.165) is 44.0 Å². The van der Waals surface area contributed by atoms with Crippen molar-refractivity contribution in [2.24, 2.45) is 0 Å². The zero-order chi connectivity index (χ0) is 20.1. The summed E-state index contributed by atoms with van der Waals surface area (Å²) in [7, 11) is 0. The van der Waals surface area contributed by atoms with Crippen molar-refractivity contribution in [3.63, 3.8) is 0 Å². The molecule has 150 valence electrons. The van der Waals surface area contributed by atoms with Crippen LogP contribution in [0.5, 0.6) is 0 Å². The summed E-state index contributed by atoms with van der Waals surface area (Å²) < 4.78 is 51.2. The van der Waals surface area contributed by atoms with Crippen LogP contribution in [0.3, 0.4) is 0 Å². The molecule has 0 bridgehead atoms. The van der Waals surface area contributed by atoms with Gasteiger partial charge in [-0.05, 0) is 42.5 Å². The van der Waals surface area contributed by atoms with Crippen LogP contribution < -0.4 is 10.2 Å². The smallest absolute Gasteiger partial charge is 0.369 e. The van der Waals surface area contributed by atoms with E-state index in [4.69, 9.17) is 0 Å². The van der Waals surface area contributed by atoms with Gasteiger partial charge in [0.25, 0.3) is 5.91 Å². The Hall–Kier alpha value is -2.61. The Balaban J connectivity index is 1.43. The van der Waals surface area contributed by atoms with E-state index in [1.54, 1.807) is 12.1 Å². The Kier molecular flexibility index (Phi) is 6.18. The van der Waals surface area contributed by atoms with E-state index in [0.29, 0.717) is 13.1 Å². The highest BCUT2D eigenvalue weighted by atomic mass is 19.4. The molecule has 28 heavy (non-hydrogen) atoms. The molecule has 1 N–H and O–H groups in total. The number of nitrogens with zero attached hydrogens (tertiary/aromatic N) is 2. The second-order valence-electron chi connectivity index (χ2n) is 6.64. The maximum atomic E-state index is 13.0. The van der Waals surface area contributed by atoms with Crippen LogP contribution in [0.1, 0.15) is 15.9 Å². The first-order valence-corrected chi connectivity index (χ1v) is 9.01. The second-order valence-corrected chi connectivity index (χ2v) is 6.64. The first kappa shape index (κ1) is 20.1. The number of anilines is 1. The van der Waals surface area contributed by atoms with Crippen LogP contribution >= 0.6 is 0 Å². The summed E-state index contributed by atoms with van der Waals surface area (Å²) in [6.07, 6.45) is -4.47. The number of halogens is 4. The Morgan fingerprint density at radius 3 is 2.32 bits per heavy atom. The van der Waals surface area contributed by atoms with Crippen LogP contribution in [-0.2, 0) is 6.18 Å². The number of hydrogen-bond acceptors (Lipinski definition) is 3. The van der Waals surface area contributed by atoms with Crippen LogP contribution in [0.15, 0.2) is 48.5 Å². The highest BCUT2D eigenvalue weighted by Crippen LogP contribution is 2.29. The normalized spacial score (nSPS) is 15.5. The van der Waals surface area contributed by atoms with Crippen molar-refractivity contribution in [1.82, 2.24) is 10.2 Å². The number of alkyl halides is 3. The highest BCUT2D eigenvalue weighted by Gasteiger charge is 2.30. The van der Waals surface area contributed by atoms with Gasteiger partial charge in [-0.2, -0.15) is 13.2 Å². The summed E-state index contributed by atoms with van der Waals surface area (Å²) in [5, 5.41) is 2.67. The quantitative estimate of drug-likeness (QED) is 0.789. The first-order valence-electron chi connectivity index (χ1n) is 9.01. The van der Waals surface area contributed by atoms with Crippen molar-refractivity contribution in [2.45, 2.75) is 6.18 Å². The SMILES string of the molecule is O=C(NCCN1CCN(c2ccc(F)cc2)CC1)c1cccc(C(F)(F)F)c1. The van der Waals surface area contributed by atoms with Gasteiger partial charge in [0.1, 0.15) is 5.82 Å². The molecule has 0 aliphatic carbocycles. The molecule has 2 aromatic carbocycles. The minimum atomic E-state index is -4.47. The van der Waals surface area contributed by atoms with Crippen LogP contribution in [0.25, 0.3) is 0 Å². The van der Waals surface area contributed by atoms with E-state index in [9.17, 15) is 22.4 Å². The van der Waals surface area contributed by atoms with Crippen molar-refractivity contribution < 1.29 is 22.4 Å². The molecule has 1 aliphatic heterocycles. The molecule has 1 aliphatic rings. The second kappa shape index (κ2) is 8.60. The van der Waals surface area contributed by atoms with Gasteiger partial charge in [0.15, 0.2) is 0 Å². The lowest BCUT2D eigenvalue weighted by Gasteiger charge is -2.36. The van der Waals surface area contributed by atoms with E-state index in [1.807, 2.05) is 0 Å². The Morgan fingerprint density at radius 2 is 1.68 bits per heavy atom. The minimum absolute atomic E-state index is 0.00375. The van der Waals surface area contributed by atoms with Gasteiger partial charge in [0, 0.05) is 50.5 Å². The summed E-state index contributed by atoms with van der Waals surface area (Å²) in [5.41, 5.74) is 0.131. The van der Waals surface area contributed by atoms with Crippen LogP contribution in [0, 0.1) is 5.82 Å². The van der Waals surface area contributed by atoms with Gasteiger partial charge in [-0.3, -0.25) is 9.69 Å². The van der Waals surface area contributed by atoms with E-state index >= 15 is 0 Å². The largest absolute Gasteiger partial charge is 0.416 e. The van der Waals surface area contributed by atoms with Gasteiger partial charge in [0.05, 0.1) is 5.56 Å². The lowest BCUT2D eigenvalue weighted by Crippen LogP contribution is -2.48. The molecule has 0 radical (unpaired) electrons. The van der Waals surface area contributed by atoms with Crippen molar-refractivity contribution in [1.29, 1.82) is 0 Å². The molecule has 8 heteroatoms. The molecule has 0 unspecified atom stereocenters. The average Bonchev–Trinajstić information content (AvgIpc) is 2.68. The number of piperazine rings is 1. The minimum Gasteiger partial charge on any atom is -0.369 e. The number of nitrogens with one attached hydrogen (secondary N) is 1. The summed E-state index contributed by atoms with van der Waals surface area (Å²) in [6.45, 7) is 4.11. The summed E-state index contributed by atoms with van der Waals surface area (Å²) in [4.78, 5) is 16.4. The molecule has 1 saturated heterocycles. The molecule has 2 aromatic rings. The van der Waals surface area contributed by atoms with Crippen molar-refractivity contribution >= 4 is 11.6 Å². The van der Waals surface area contributed by atoms with Gasteiger partial charge in [-0.1, -0.05) is 6.07 Å². The van der Waals surface area contributed by atoms with Crippen LogP contribution in [0.2, 0.25) is 0 Å². The van der Waals surface area contributed by atoms with Gasteiger partial charge in [-0.15, -0.1) is 0 Å². The molecule has 4 nitrogen and oxygen atoms in total. The fraction of sp³-hybridized carbons (Fsp3) is 0.350. The third-order valence-corrected chi connectivity index (χ3v) is 4.73. The van der Waals surface area contributed by atoms with Gasteiger partial charge < -0.3 is 10.2 Å². The van der Waals surface area contributed by atoms with E-state index in [2.05, 4.69) is 15.1 Å². The van der Waals surface area contributed by atoms with E-state index in [1.165, 1.54) is 24.3 Å². The lowest BCUT2D eigenvalue weighted by atomic mass is 10.1. The monoisotopic (exact) mass is 395 g/mol. The van der Waals surface area contributed by atoms with Gasteiger partial charge in [-0.25, -0.2) is 4.39 Å². The molecule has 0 spiro atoms. The summed E-state index contributed by atoms with van der Waals surface area (Å²) >= 11 is 0. The van der Waals surface area contributed by atoms with Crippen molar-refractivity contribution in [3.8, 4) is 0 Å². The summed E-state index contributed by atoms with van der Waals surface area (Å²) in [5.74, 6) is -0.782. The standard InChI is InChI=1S/C20H21F4N3O/c21-17-4-6-18(7-5-17)27-12-10-26(11-13-27)9-8-25-19(28)15-2-1-3-16(14-15)20(22,23)24/h1-7,14H,8-13H2,(H,25,28). The number of benzene rings is 2. The molecule has 0 aromatic heterocycles. The molecule has 1 heterocycles. The Morgan fingerprint density at radius 1 is 1.00 bits per heavy atom. The van der Waals surface area contributed by atoms with E-state index in [-0.39, 0.29) is 11.4 Å². The molecule has 0 atom stereocenters. The molecule has 1 fully saturated rings. The number of amides is 1. The van der Waals surface area contributed by atoms with Crippen molar-refractivity contribution in [3.05, 3.63) is 65.5 Å². The third kappa shape index (κ3) is 5.22. The maximum Gasteiger partial charge on any atom is 0.416 e. The van der Waals surface area contributed by atoms with Crippen LogP contribution in [-0.4, -0.2) is 50.1 Å². The maximum absolute atomic E-state index is 13.0. The summed E-state index contributed by atoms with van der Waals surface area (Å²) in [6, 6.07) is 10.8. The number of hydrogen-bond donors (Lipinski definition) is 1. The predicted molar refractivity (Wildman–Crippen MR) is 98.8 cm³/mol. The number of carbonyl (C=O) groups excluding carboxylic acids is 1. The molecule has 0 saturated carbocycles. The van der Waals surface area contributed by atoms with Crippen LogP contribution in [0.4, 0.5) is 23.2 Å². The fourth-order valence-corrected chi connectivity index (χ4v) is 3.15. The average molecular weight is 395 g/mol. The Labute approximate surface area is 160 Å².